The topological polar surface area (TPSA) is 84.9 Å². The van der Waals surface area contributed by atoms with Crippen LogP contribution in [-0.4, -0.2) is 30.1 Å². The molecule has 2 N–H and O–H groups in total. The van der Waals surface area contributed by atoms with E-state index >= 15 is 0 Å². The summed E-state index contributed by atoms with van der Waals surface area (Å²) in [5.74, 6) is -0.874. The van der Waals surface area contributed by atoms with Gasteiger partial charge in [0.05, 0.1) is 18.8 Å². The van der Waals surface area contributed by atoms with Crippen LogP contribution in [0.1, 0.15) is 55.2 Å². The Hall–Kier alpha value is -4.03. The zero-order valence-electron chi connectivity index (χ0n) is 22.6. The van der Waals surface area contributed by atoms with Gasteiger partial charge in [0, 0.05) is 40.7 Å². The number of aromatic hydroxyl groups is 1. The van der Waals surface area contributed by atoms with Gasteiger partial charge in [-0.3, -0.25) is 4.79 Å². The number of halogens is 1. The molecule has 1 heterocycles. The lowest BCUT2D eigenvalue weighted by atomic mass is 9.71. The lowest BCUT2D eigenvalue weighted by Gasteiger charge is -2.36. The molecule has 5 rings (SSSR count). The number of hydrogen-bond donors (Lipinski definition) is 2. The van der Waals surface area contributed by atoms with Crippen LogP contribution < -0.4 is 10.1 Å². The van der Waals surface area contributed by atoms with Crippen molar-refractivity contribution in [1.29, 1.82) is 0 Å². The third kappa shape index (κ3) is 5.77. The SMILES string of the molecule is CCOc1cc([C@H]2C(C(=O)OCCc3ccccc3)=C(C)NC3=C2C(=O)C[C@H](c2ccc(Cl)cc2)C3)ccc1O. The third-order valence-corrected chi connectivity index (χ3v) is 7.72. The van der Waals surface area contributed by atoms with E-state index < -0.39 is 11.9 Å². The summed E-state index contributed by atoms with van der Waals surface area (Å²) < 4.78 is 11.4. The molecule has 2 aliphatic rings. The highest BCUT2D eigenvalue weighted by atomic mass is 35.5. The molecule has 6 nitrogen and oxygen atoms in total. The molecule has 206 valence electrons. The minimum absolute atomic E-state index is 0.000741. The van der Waals surface area contributed by atoms with Gasteiger partial charge in [-0.2, -0.15) is 0 Å². The molecule has 1 aliphatic heterocycles. The van der Waals surface area contributed by atoms with Gasteiger partial charge in [-0.25, -0.2) is 4.79 Å². The number of ketones is 1. The minimum atomic E-state index is -0.654. The van der Waals surface area contributed by atoms with Crippen LogP contribution in [0.5, 0.6) is 11.5 Å². The summed E-state index contributed by atoms with van der Waals surface area (Å²) in [7, 11) is 0. The summed E-state index contributed by atoms with van der Waals surface area (Å²) in [6.07, 6.45) is 1.51. The second-order valence-corrected chi connectivity index (χ2v) is 10.5. The molecule has 0 saturated heterocycles. The third-order valence-electron chi connectivity index (χ3n) is 7.47. The molecule has 0 aromatic heterocycles. The van der Waals surface area contributed by atoms with Crippen molar-refractivity contribution in [2.24, 2.45) is 0 Å². The predicted molar refractivity (Wildman–Crippen MR) is 154 cm³/mol. The molecule has 0 amide bonds. The van der Waals surface area contributed by atoms with Gasteiger partial charge in [-0.15, -0.1) is 0 Å². The molecule has 1 aliphatic carbocycles. The number of esters is 1. The Balaban J connectivity index is 1.50. The first-order valence-electron chi connectivity index (χ1n) is 13.5. The summed E-state index contributed by atoms with van der Waals surface area (Å²) in [6.45, 7) is 4.25. The summed E-state index contributed by atoms with van der Waals surface area (Å²) in [5.41, 5.74) is 5.17. The molecule has 0 radical (unpaired) electrons. The molecule has 0 unspecified atom stereocenters. The number of hydrogen-bond acceptors (Lipinski definition) is 6. The van der Waals surface area contributed by atoms with Crippen LogP contribution in [0.2, 0.25) is 5.02 Å². The summed E-state index contributed by atoms with van der Waals surface area (Å²) in [6, 6.07) is 22.4. The maximum Gasteiger partial charge on any atom is 0.336 e. The average molecular weight is 558 g/mol. The number of benzene rings is 3. The van der Waals surface area contributed by atoms with E-state index in [1.165, 1.54) is 0 Å². The number of carbonyl (C=O) groups is 2. The second-order valence-electron chi connectivity index (χ2n) is 10.1. The van der Waals surface area contributed by atoms with E-state index in [0.717, 1.165) is 16.8 Å². The van der Waals surface area contributed by atoms with Crippen LogP contribution in [0.3, 0.4) is 0 Å². The van der Waals surface area contributed by atoms with Gasteiger partial charge < -0.3 is 19.9 Å². The van der Waals surface area contributed by atoms with Crippen LogP contribution in [0.4, 0.5) is 0 Å². The Morgan fingerprint density at radius 2 is 1.75 bits per heavy atom. The van der Waals surface area contributed by atoms with Gasteiger partial charge >= 0.3 is 5.97 Å². The highest BCUT2D eigenvalue weighted by Crippen LogP contribution is 2.47. The van der Waals surface area contributed by atoms with Gasteiger partial charge in [-0.1, -0.05) is 60.1 Å². The number of ether oxygens (including phenoxy) is 2. The number of dihydropyridines is 1. The number of phenolic OH excluding ortho intramolecular Hbond substituents is 1. The van der Waals surface area contributed by atoms with Crippen LogP contribution in [0.15, 0.2) is 95.3 Å². The second kappa shape index (κ2) is 12.0. The Morgan fingerprint density at radius 1 is 1.02 bits per heavy atom. The summed E-state index contributed by atoms with van der Waals surface area (Å²) in [4.78, 5) is 27.4. The number of nitrogens with one attached hydrogen (secondary N) is 1. The number of phenols is 1. The lowest BCUT2D eigenvalue weighted by molar-refractivity contribution is -0.139. The Bertz CT molecular complexity index is 1480. The molecule has 40 heavy (non-hydrogen) atoms. The van der Waals surface area contributed by atoms with Gasteiger partial charge in [0.25, 0.3) is 0 Å². The van der Waals surface area contributed by atoms with Crippen molar-refractivity contribution in [3.8, 4) is 11.5 Å². The average Bonchev–Trinajstić information content (AvgIpc) is 2.94. The predicted octanol–water partition coefficient (Wildman–Crippen LogP) is 6.59. The smallest absolute Gasteiger partial charge is 0.336 e. The largest absolute Gasteiger partial charge is 0.504 e. The van der Waals surface area contributed by atoms with E-state index in [-0.39, 0.29) is 24.1 Å². The Labute approximate surface area is 239 Å². The van der Waals surface area contributed by atoms with Crippen LogP contribution in [-0.2, 0) is 20.7 Å². The molecule has 3 aromatic rings. The maximum atomic E-state index is 13.8. The van der Waals surface area contributed by atoms with Gasteiger partial charge in [0.1, 0.15) is 0 Å². The van der Waals surface area contributed by atoms with Crippen molar-refractivity contribution >= 4 is 23.4 Å². The van der Waals surface area contributed by atoms with E-state index in [2.05, 4.69) is 5.32 Å². The fourth-order valence-electron chi connectivity index (χ4n) is 5.58. The number of rotatable bonds is 8. The zero-order valence-corrected chi connectivity index (χ0v) is 23.3. The molecular weight excluding hydrogens is 526 g/mol. The zero-order chi connectivity index (χ0) is 28.2. The number of allylic oxidation sites excluding steroid dienone is 3. The highest BCUT2D eigenvalue weighted by molar-refractivity contribution is 6.30. The number of carbonyl (C=O) groups excluding carboxylic acids is 2. The van der Waals surface area contributed by atoms with Crippen molar-refractivity contribution in [3.05, 3.63) is 117 Å². The first-order chi connectivity index (χ1) is 19.4. The molecule has 7 heteroatoms. The first kappa shape index (κ1) is 27.5. The van der Waals surface area contributed by atoms with E-state index in [9.17, 15) is 14.7 Å². The van der Waals surface area contributed by atoms with Crippen molar-refractivity contribution in [2.75, 3.05) is 13.2 Å². The summed E-state index contributed by atoms with van der Waals surface area (Å²) in [5, 5.41) is 14.4. The quantitative estimate of drug-likeness (QED) is 0.304. The maximum absolute atomic E-state index is 13.8. The standard InChI is InChI=1S/C33H32ClNO5/c1-3-39-29-19-23(11-14-27(29)36)31-30(33(38)40-16-15-21-7-5-4-6-8-21)20(2)35-26-17-24(18-28(37)32(26)31)22-9-12-25(34)13-10-22/h4-14,19,24,31,35-36H,3,15-18H2,1-2H3/t24-,31+/m1/s1. The molecule has 0 fully saturated rings. The van der Waals surface area contributed by atoms with E-state index in [4.69, 9.17) is 21.1 Å². The summed E-state index contributed by atoms with van der Waals surface area (Å²) >= 11 is 6.09. The highest BCUT2D eigenvalue weighted by Gasteiger charge is 2.41. The molecule has 3 aromatic carbocycles. The van der Waals surface area contributed by atoms with Crippen LogP contribution in [0.25, 0.3) is 0 Å². The van der Waals surface area contributed by atoms with E-state index in [0.29, 0.717) is 59.0 Å². The fraction of sp³-hybridized carbons (Fsp3) is 0.273. The van der Waals surface area contributed by atoms with Crippen LogP contribution >= 0.6 is 11.6 Å². The normalized spacial score (nSPS) is 18.7. The van der Waals surface area contributed by atoms with Crippen molar-refractivity contribution in [1.82, 2.24) is 5.32 Å². The van der Waals surface area contributed by atoms with Crippen molar-refractivity contribution < 1.29 is 24.2 Å². The molecule has 0 spiro atoms. The van der Waals surface area contributed by atoms with E-state index in [1.807, 2.05) is 68.4 Å². The molecule has 2 atom stereocenters. The minimum Gasteiger partial charge on any atom is -0.504 e. The lowest BCUT2D eigenvalue weighted by Crippen LogP contribution is -2.36. The van der Waals surface area contributed by atoms with Crippen molar-refractivity contribution in [2.45, 2.75) is 44.9 Å². The van der Waals surface area contributed by atoms with Gasteiger partial charge in [0.2, 0.25) is 0 Å². The van der Waals surface area contributed by atoms with Gasteiger partial charge in [-0.05, 0) is 67.1 Å². The monoisotopic (exact) mass is 557 g/mol. The van der Waals surface area contributed by atoms with Crippen molar-refractivity contribution in [3.63, 3.8) is 0 Å². The van der Waals surface area contributed by atoms with E-state index in [1.54, 1.807) is 18.2 Å². The fourth-order valence-corrected chi connectivity index (χ4v) is 5.70. The molecule has 0 saturated carbocycles. The Morgan fingerprint density at radius 3 is 2.48 bits per heavy atom. The first-order valence-corrected chi connectivity index (χ1v) is 13.9. The molecule has 0 bridgehead atoms. The van der Waals surface area contributed by atoms with Crippen LogP contribution in [0, 0.1) is 0 Å². The molecular formula is C33H32ClNO5. The Kier molecular flexibility index (Phi) is 8.27. The number of Topliss-reactive ketones (excluding diaryl/α,β-unsaturated/α-hetero) is 1. The van der Waals surface area contributed by atoms with Gasteiger partial charge in [0.15, 0.2) is 17.3 Å².